The Morgan fingerprint density at radius 1 is 1.40 bits per heavy atom. The van der Waals surface area contributed by atoms with Crippen LogP contribution in [0.4, 0.5) is 5.69 Å². The van der Waals surface area contributed by atoms with E-state index in [1.807, 2.05) is 6.07 Å². The van der Waals surface area contributed by atoms with Gasteiger partial charge in [0.25, 0.3) is 0 Å². The predicted octanol–water partition coefficient (Wildman–Crippen LogP) is 1.05. The van der Waals surface area contributed by atoms with Gasteiger partial charge in [-0.15, -0.1) is 0 Å². The van der Waals surface area contributed by atoms with Crippen LogP contribution in [-0.4, -0.2) is 44.1 Å². The predicted molar refractivity (Wildman–Crippen MR) is 77.2 cm³/mol. The van der Waals surface area contributed by atoms with E-state index >= 15 is 0 Å². The van der Waals surface area contributed by atoms with Gasteiger partial charge in [0.2, 0.25) is 10.0 Å². The zero-order chi connectivity index (χ0) is 14.3. The Hall–Kier alpha value is -1.11. The highest BCUT2D eigenvalue weighted by molar-refractivity contribution is 7.89. The number of nitrogens with zero attached hydrogens (tertiary/aromatic N) is 1. The number of benzene rings is 1. The summed E-state index contributed by atoms with van der Waals surface area (Å²) >= 11 is 0. The van der Waals surface area contributed by atoms with Gasteiger partial charge in [-0.05, 0) is 48.9 Å². The molecule has 1 aliphatic heterocycles. The molecule has 0 aromatic heterocycles. The monoisotopic (exact) mass is 296 g/mol. The van der Waals surface area contributed by atoms with Crippen molar-refractivity contribution in [2.75, 3.05) is 25.5 Å². The quantitative estimate of drug-likeness (QED) is 0.871. The van der Waals surface area contributed by atoms with Crippen molar-refractivity contribution >= 4 is 15.7 Å². The maximum atomic E-state index is 12.5. The van der Waals surface area contributed by atoms with E-state index in [1.54, 1.807) is 19.2 Å². The lowest BCUT2D eigenvalue weighted by Gasteiger charge is -2.34. The highest BCUT2D eigenvalue weighted by Crippen LogP contribution is 2.30. The Morgan fingerprint density at radius 3 is 2.85 bits per heavy atom. The van der Waals surface area contributed by atoms with Crippen molar-refractivity contribution in [2.45, 2.75) is 30.3 Å². The van der Waals surface area contributed by atoms with Gasteiger partial charge in [-0.2, -0.15) is 0 Å². The summed E-state index contributed by atoms with van der Waals surface area (Å²) in [6.45, 7) is 1.35. The molecule has 1 fully saturated rings. The minimum atomic E-state index is -3.43. The van der Waals surface area contributed by atoms with Gasteiger partial charge in [0.05, 0.1) is 11.0 Å². The molecule has 1 aliphatic carbocycles. The third kappa shape index (κ3) is 2.43. The van der Waals surface area contributed by atoms with Crippen molar-refractivity contribution in [1.29, 1.82) is 0 Å². The summed E-state index contributed by atoms with van der Waals surface area (Å²) in [6, 6.07) is 5.28. The van der Waals surface area contributed by atoms with Gasteiger partial charge < -0.3 is 10.4 Å². The molecule has 0 bridgehead atoms. The molecule has 6 heteroatoms. The van der Waals surface area contributed by atoms with Gasteiger partial charge in [-0.1, -0.05) is 0 Å². The summed E-state index contributed by atoms with van der Waals surface area (Å²) < 4.78 is 26.5. The van der Waals surface area contributed by atoms with Crippen LogP contribution in [0.2, 0.25) is 0 Å². The number of hydrogen-bond acceptors (Lipinski definition) is 4. The van der Waals surface area contributed by atoms with Gasteiger partial charge in [0, 0.05) is 25.8 Å². The number of rotatable bonds is 4. The fraction of sp³-hybridized carbons (Fsp3) is 0.571. The lowest BCUT2D eigenvalue weighted by atomic mass is 9.82. The minimum absolute atomic E-state index is 0.248. The van der Waals surface area contributed by atoms with Crippen LogP contribution in [0, 0.1) is 5.92 Å². The molecule has 1 heterocycles. The summed E-state index contributed by atoms with van der Waals surface area (Å²) in [6.07, 6.45) is 2.03. The molecule has 0 amide bonds. The van der Waals surface area contributed by atoms with E-state index in [0.717, 1.165) is 24.2 Å². The molecule has 1 aromatic rings. The summed E-state index contributed by atoms with van der Waals surface area (Å²) in [5, 5.41) is 12.5. The SMILES string of the molecule is CN(CC1CC(O)C1)S(=O)(=O)c1ccc2c(c1)CCN2. The van der Waals surface area contributed by atoms with Gasteiger partial charge in [-0.3, -0.25) is 0 Å². The van der Waals surface area contributed by atoms with Crippen molar-refractivity contribution < 1.29 is 13.5 Å². The number of anilines is 1. The first kappa shape index (κ1) is 13.9. The van der Waals surface area contributed by atoms with E-state index in [4.69, 9.17) is 0 Å². The maximum absolute atomic E-state index is 12.5. The lowest BCUT2D eigenvalue weighted by molar-refractivity contribution is 0.0367. The van der Waals surface area contributed by atoms with Gasteiger partial charge >= 0.3 is 0 Å². The number of aliphatic hydroxyl groups excluding tert-OH is 1. The van der Waals surface area contributed by atoms with E-state index in [2.05, 4.69) is 5.32 Å². The molecule has 110 valence electrons. The molecule has 5 nitrogen and oxygen atoms in total. The Kier molecular flexibility index (Phi) is 3.48. The molecule has 2 N–H and O–H groups in total. The number of sulfonamides is 1. The van der Waals surface area contributed by atoms with Crippen LogP contribution in [0.25, 0.3) is 0 Å². The van der Waals surface area contributed by atoms with Crippen molar-refractivity contribution in [2.24, 2.45) is 5.92 Å². The van der Waals surface area contributed by atoms with E-state index in [0.29, 0.717) is 24.3 Å². The Bertz CT molecular complexity index is 609. The smallest absolute Gasteiger partial charge is 0.242 e. The first-order valence-electron chi connectivity index (χ1n) is 6.98. The van der Waals surface area contributed by atoms with E-state index in [9.17, 15) is 13.5 Å². The van der Waals surface area contributed by atoms with Crippen LogP contribution < -0.4 is 5.32 Å². The third-order valence-corrected chi connectivity index (χ3v) is 6.04. The van der Waals surface area contributed by atoms with Gasteiger partial charge in [0.15, 0.2) is 0 Å². The second kappa shape index (κ2) is 5.02. The zero-order valence-electron chi connectivity index (χ0n) is 11.5. The first-order chi connectivity index (χ1) is 9.46. The molecule has 1 aromatic carbocycles. The molecule has 1 saturated carbocycles. The summed E-state index contributed by atoms with van der Waals surface area (Å²) in [5.41, 5.74) is 2.10. The lowest BCUT2D eigenvalue weighted by Crippen LogP contribution is -2.39. The normalized spacial score (nSPS) is 25.1. The minimum Gasteiger partial charge on any atom is -0.393 e. The molecule has 0 atom stereocenters. The second-order valence-electron chi connectivity index (χ2n) is 5.77. The Balaban J connectivity index is 1.77. The van der Waals surface area contributed by atoms with E-state index in [1.165, 1.54) is 4.31 Å². The average Bonchev–Trinajstić information content (AvgIpc) is 2.83. The fourth-order valence-corrected chi connectivity index (χ4v) is 4.23. The average molecular weight is 296 g/mol. The number of hydrogen-bond donors (Lipinski definition) is 2. The summed E-state index contributed by atoms with van der Waals surface area (Å²) in [4.78, 5) is 0.363. The van der Waals surface area contributed by atoms with Crippen LogP contribution in [0.5, 0.6) is 0 Å². The molecule has 0 unspecified atom stereocenters. The molecular weight excluding hydrogens is 276 g/mol. The van der Waals surface area contributed by atoms with Crippen LogP contribution in [-0.2, 0) is 16.4 Å². The molecule has 20 heavy (non-hydrogen) atoms. The van der Waals surface area contributed by atoms with Crippen molar-refractivity contribution in [1.82, 2.24) is 4.31 Å². The van der Waals surface area contributed by atoms with E-state index < -0.39 is 10.0 Å². The topological polar surface area (TPSA) is 69.6 Å². The van der Waals surface area contributed by atoms with Gasteiger partial charge in [-0.25, -0.2) is 12.7 Å². The first-order valence-corrected chi connectivity index (χ1v) is 8.42. The fourth-order valence-electron chi connectivity index (χ4n) is 2.93. The standard InChI is InChI=1S/C14H20N2O3S/c1-16(9-10-6-12(17)7-10)20(18,19)13-2-3-14-11(8-13)4-5-15-14/h2-3,8,10,12,15,17H,4-7,9H2,1H3. The molecule has 0 saturated heterocycles. The Labute approximate surface area is 119 Å². The van der Waals surface area contributed by atoms with Gasteiger partial charge in [0.1, 0.15) is 0 Å². The molecule has 0 spiro atoms. The van der Waals surface area contributed by atoms with Crippen molar-refractivity contribution in [3.8, 4) is 0 Å². The second-order valence-corrected chi connectivity index (χ2v) is 7.82. The summed E-state index contributed by atoms with van der Waals surface area (Å²) in [5.74, 6) is 0.279. The van der Waals surface area contributed by atoms with Crippen LogP contribution in [0.15, 0.2) is 23.1 Å². The zero-order valence-corrected chi connectivity index (χ0v) is 12.4. The largest absolute Gasteiger partial charge is 0.393 e. The number of nitrogens with one attached hydrogen (secondary N) is 1. The highest BCUT2D eigenvalue weighted by Gasteiger charge is 2.32. The highest BCUT2D eigenvalue weighted by atomic mass is 32.2. The molecule has 2 aliphatic rings. The van der Waals surface area contributed by atoms with Crippen molar-refractivity contribution in [3.05, 3.63) is 23.8 Å². The van der Waals surface area contributed by atoms with Crippen LogP contribution >= 0.6 is 0 Å². The number of aliphatic hydroxyl groups is 1. The summed E-state index contributed by atoms with van der Waals surface area (Å²) in [7, 11) is -1.81. The van der Waals surface area contributed by atoms with E-state index in [-0.39, 0.29) is 12.0 Å². The van der Waals surface area contributed by atoms with Crippen LogP contribution in [0.3, 0.4) is 0 Å². The molecular formula is C14H20N2O3S. The third-order valence-electron chi connectivity index (χ3n) is 4.22. The molecule has 3 rings (SSSR count). The number of fused-ring (bicyclic) bond motifs is 1. The van der Waals surface area contributed by atoms with Crippen LogP contribution in [0.1, 0.15) is 18.4 Å². The Morgan fingerprint density at radius 2 is 2.15 bits per heavy atom. The molecule has 0 radical (unpaired) electrons. The maximum Gasteiger partial charge on any atom is 0.242 e. The van der Waals surface area contributed by atoms with Crippen molar-refractivity contribution in [3.63, 3.8) is 0 Å².